The molecular weight excluding hydrogens is 1740 g/mol. The van der Waals surface area contributed by atoms with Crippen LogP contribution in [0.1, 0.15) is 109 Å². The van der Waals surface area contributed by atoms with Gasteiger partial charge in [-0.25, -0.2) is 19.2 Å². The number of esters is 9. The Labute approximate surface area is 764 Å². The minimum absolute atomic E-state index is 0.0118. The van der Waals surface area contributed by atoms with Gasteiger partial charge in [0.25, 0.3) is 0 Å². The number of ether oxygens (including phenoxy) is 16. The van der Waals surface area contributed by atoms with Gasteiger partial charge in [-0.2, -0.15) is 0 Å². The molecule has 7 N–H and O–H groups in total. The van der Waals surface area contributed by atoms with Gasteiger partial charge in [0.05, 0.1) is 63.7 Å². The lowest BCUT2D eigenvalue weighted by Crippen LogP contribution is -2.69. The van der Waals surface area contributed by atoms with Gasteiger partial charge >= 0.3 is 59.8 Å². The number of benzene rings is 7. The Morgan fingerprint density at radius 2 is 0.842 bits per heavy atom. The number of nitrogens with one attached hydrogen (secondary N) is 7. The van der Waals surface area contributed by atoms with Crippen LogP contribution in [0.15, 0.2) is 212 Å². The lowest BCUT2D eigenvalue weighted by molar-refractivity contribution is -0.349. The number of carbonyl (C=O) groups excluding carboxylic acids is 16. The highest BCUT2D eigenvalue weighted by Gasteiger charge is 2.58. The van der Waals surface area contributed by atoms with Gasteiger partial charge in [0.2, 0.25) is 35.4 Å². The van der Waals surface area contributed by atoms with Crippen LogP contribution in [0.25, 0.3) is 0 Å². The summed E-state index contributed by atoms with van der Waals surface area (Å²) in [5.74, 6) is -15.8. The third kappa shape index (κ3) is 34.1. The molecule has 7 amide bonds. The third-order valence-corrected chi connectivity index (χ3v) is 20.0. The smallest absolute Gasteiger partial charge is 0.408 e. The molecule has 2 heterocycles. The zero-order chi connectivity index (χ0) is 95.7. The van der Waals surface area contributed by atoms with Gasteiger partial charge in [0, 0.05) is 41.0 Å². The van der Waals surface area contributed by atoms with Gasteiger partial charge in [0.15, 0.2) is 43.0 Å². The molecule has 2 aliphatic heterocycles. The van der Waals surface area contributed by atoms with Crippen molar-refractivity contribution >= 4 is 95.3 Å². The minimum atomic E-state index is -2.12. The van der Waals surface area contributed by atoms with E-state index in [-0.39, 0.29) is 37.6 Å². The summed E-state index contributed by atoms with van der Waals surface area (Å²) in [6.07, 6.45) is -21.7. The summed E-state index contributed by atoms with van der Waals surface area (Å²) in [7, 11) is 1.07. The summed E-state index contributed by atoms with van der Waals surface area (Å²) in [6.45, 7) is 0.727. The first kappa shape index (κ1) is 102. The fraction of sp³-hybridized carbons (Fsp3) is 0.383. The van der Waals surface area contributed by atoms with Crippen LogP contribution < -0.4 is 37.2 Å². The fourth-order valence-corrected chi connectivity index (χ4v) is 13.5. The summed E-state index contributed by atoms with van der Waals surface area (Å²) < 4.78 is 94.5. The SMILES string of the molecule is COC(=O)[C@@H](NC(=O)[C@H](CCC(=O)OCc1ccccc1)NC(=O)[C@H](CC(=O)OCc1ccccc1)NC(=O)CNC(=O)[C@H](COCc1ccccc1)NC(=O)[C@H](CO[C@H]1O[C@H](COC(=O)c2ccccc2)[C@H](O[C@@H]2O[C@H](COC(C)=O)[C@H](OC(C)=O)[C@H](OC(C)=O)[C@H]2OC(C)=O)[C@H](OC(=O)c2ccccc2)[C@H]1NC(C)=O)NC(=O)OCc1ccccc1)[C@@H](C)OCc1ccccc1. The highest BCUT2D eigenvalue weighted by molar-refractivity contribution is 5.97. The first-order valence-corrected chi connectivity index (χ1v) is 42.2. The summed E-state index contributed by atoms with van der Waals surface area (Å²) in [4.78, 5) is 224. The zero-order valence-corrected chi connectivity index (χ0v) is 73.7. The van der Waals surface area contributed by atoms with Crippen molar-refractivity contribution in [2.24, 2.45) is 0 Å². The molecule has 9 rings (SSSR count). The van der Waals surface area contributed by atoms with E-state index in [9.17, 15) is 71.9 Å². The molecule has 0 unspecified atom stereocenters. The van der Waals surface area contributed by atoms with Crippen LogP contribution in [-0.2, 0) is 171 Å². The van der Waals surface area contributed by atoms with E-state index < -0.39 is 252 Å². The predicted octanol–water partition coefficient (Wildman–Crippen LogP) is 4.79. The average Bonchev–Trinajstić information content (AvgIpc) is 0.761. The molecule has 7 aromatic rings. The van der Waals surface area contributed by atoms with Crippen LogP contribution in [0.5, 0.6) is 0 Å². The summed E-state index contributed by atoms with van der Waals surface area (Å²) in [5.41, 5.74) is 2.75. The van der Waals surface area contributed by atoms with Crippen molar-refractivity contribution in [3.8, 4) is 0 Å². The molecule has 7 aromatic carbocycles. The van der Waals surface area contributed by atoms with Crippen LogP contribution in [0, 0.1) is 0 Å². The van der Waals surface area contributed by atoms with E-state index in [4.69, 9.17) is 75.8 Å². The van der Waals surface area contributed by atoms with E-state index >= 15 is 4.79 Å². The molecule has 39 heteroatoms. The lowest BCUT2D eigenvalue weighted by atomic mass is 9.94. The Morgan fingerprint density at radius 1 is 0.391 bits per heavy atom. The van der Waals surface area contributed by atoms with Gasteiger partial charge in [-0.3, -0.25) is 57.5 Å². The summed E-state index contributed by atoms with van der Waals surface area (Å²) >= 11 is 0. The van der Waals surface area contributed by atoms with Crippen molar-refractivity contribution < 1.29 is 153 Å². The first-order chi connectivity index (χ1) is 64.0. The molecular formula is C94H105N7O32. The van der Waals surface area contributed by atoms with Crippen LogP contribution >= 0.6 is 0 Å². The molecule has 0 spiro atoms. The number of methoxy groups -OCH3 is 1. The van der Waals surface area contributed by atoms with Gasteiger partial charge in [-0.05, 0) is 65.4 Å². The van der Waals surface area contributed by atoms with Crippen molar-refractivity contribution in [1.29, 1.82) is 0 Å². The molecule has 0 saturated carbocycles. The molecule has 0 aliphatic carbocycles. The molecule has 0 bridgehead atoms. The molecule has 39 nitrogen and oxygen atoms in total. The van der Waals surface area contributed by atoms with Gasteiger partial charge < -0.3 is 113 Å². The highest BCUT2D eigenvalue weighted by Crippen LogP contribution is 2.36. The first-order valence-electron chi connectivity index (χ1n) is 42.2. The van der Waals surface area contributed by atoms with Gasteiger partial charge in [-0.1, -0.05) is 188 Å². The van der Waals surface area contributed by atoms with Crippen molar-refractivity contribution in [1.82, 2.24) is 37.2 Å². The van der Waals surface area contributed by atoms with E-state index in [1.807, 2.05) is 0 Å². The van der Waals surface area contributed by atoms with Gasteiger partial charge in [0.1, 0.15) is 81.6 Å². The van der Waals surface area contributed by atoms with Crippen LogP contribution in [0.4, 0.5) is 4.79 Å². The van der Waals surface area contributed by atoms with E-state index in [0.717, 1.165) is 41.7 Å². The molecule has 2 fully saturated rings. The minimum Gasteiger partial charge on any atom is -0.467 e. The number of amides is 7. The third-order valence-electron chi connectivity index (χ3n) is 20.0. The van der Waals surface area contributed by atoms with E-state index in [0.29, 0.717) is 27.8 Å². The Hall–Kier alpha value is -14.4. The normalized spacial score (nSPS) is 19.1. The zero-order valence-electron chi connectivity index (χ0n) is 73.7. The quantitative estimate of drug-likeness (QED) is 0.0199. The van der Waals surface area contributed by atoms with Crippen LogP contribution in [-0.4, -0.2) is 233 Å². The molecule has 0 radical (unpaired) electrons. The van der Waals surface area contributed by atoms with Crippen LogP contribution in [0.2, 0.25) is 0 Å². The number of hydrogen-bond donors (Lipinski definition) is 7. The fourth-order valence-electron chi connectivity index (χ4n) is 13.5. The van der Waals surface area contributed by atoms with Crippen molar-refractivity contribution in [2.45, 2.75) is 192 Å². The second-order valence-electron chi connectivity index (χ2n) is 30.2. The maximum Gasteiger partial charge on any atom is 0.408 e. The van der Waals surface area contributed by atoms with E-state index in [2.05, 4.69) is 37.2 Å². The maximum absolute atomic E-state index is 15.4. The number of hydrogen-bond acceptors (Lipinski definition) is 32. The molecule has 133 heavy (non-hydrogen) atoms. The second kappa shape index (κ2) is 53.1. The topological polar surface area (TPSA) is 505 Å². The molecule has 708 valence electrons. The van der Waals surface area contributed by atoms with E-state index in [1.54, 1.807) is 164 Å². The molecule has 2 saturated heterocycles. The lowest BCUT2D eigenvalue weighted by Gasteiger charge is -2.49. The highest BCUT2D eigenvalue weighted by atomic mass is 16.8. The van der Waals surface area contributed by atoms with Crippen molar-refractivity contribution in [3.05, 3.63) is 251 Å². The summed E-state index contributed by atoms with van der Waals surface area (Å²) in [6, 6.07) is 46.0. The average molecular weight is 1840 g/mol. The van der Waals surface area contributed by atoms with Gasteiger partial charge in [-0.15, -0.1) is 0 Å². The molecule has 2 aliphatic rings. The Morgan fingerprint density at radius 3 is 1.38 bits per heavy atom. The van der Waals surface area contributed by atoms with E-state index in [1.165, 1.54) is 55.5 Å². The number of alkyl carbamates (subject to hydrolysis) is 1. The van der Waals surface area contributed by atoms with Crippen molar-refractivity contribution in [2.75, 3.05) is 40.1 Å². The van der Waals surface area contributed by atoms with Crippen LogP contribution in [0.3, 0.4) is 0 Å². The summed E-state index contributed by atoms with van der Waals surface area (Å²) in [5, 5.41) is 17.4. The predicted molar refractivity (Wildman–Crippen MR) is 461 cm³/mol. The van der Waals surface area contributed by atoms with Crippen molar-refractivity contribution in [3.63, 3.8) is 0 Å². The monoisotopic (exact) mass is 1840 g/mol. The second-order valence-corrected chi connectivity index (χ2v) is 30.2. The number of rotatable bonds is 47. The molecule has 0 aromatic heterocycles. The standard InChI is InChI=1S/C94H105N7O32/c1-56(120-48-63-31-17-9-18-32-63)78(91(116)118-7)101-86(111)69(43-44-76(108)122-49-64-33-19-10-20-34-64)98-87(112)70(45-77(109)123-50-65-35-21-11-22-36-65)97-75(107)46-95-85(110)71(52-119-47-62-29-15-8-16-30-62)99-88(113)72(100-94(117)126-51-66-37-23-12-24-38-66)53-125-92-79(96-57(2)102)82(132-90(115)68-41-27-14-28-42-68)80(74(130-92)55-124-89(114)67-39-25-13-26-40-67)133-93-84(129-61(6)106)83(128-60(5)105)81(127-59(4)104)73(131-93)54-121-58(3)103/h8-42,56,69-74,78-84,92-93H,43-55H2,1-7H3,(H,95,110)(H,96,102)(H,97,107)(H,98,112)(H,99,113)(H,100,117)(H,101,111)/t56-,69+,70+,71+,72+,73-,74-,78+,79-,80+,81+,82-,83+,84-,92+,93+/m1/s1. The number of carbonyl (C=O) groups is 16. The maximum atomic E-state index is 15.4. The Balaban J connectivity index is 1.04. The Kier molecular flexibility index (Phi) is 40.8. The Bertz CT molecular complexity index is 5030. The largest absolute Gasteiger partial charge is 0.467 e. The molecule has 16 atom stereocenters.